The van der Waals surface area contributed by atoms with Gasteiger partial charge in [-0.15, -0.1) is 10.2 Å². The van der Waals surface area contributed by atoms with Crippen LogP contribution in [-0.4, -0.2) is 30.2 Å². The average molecular weight is 456 g/mol. The minimum atomic E-state index is -3.73. The first-order valence-corrected chi connectivity index (χ1v) is 9.46. The van der Waals surface area contributed by atoms with Crippen molar-refractivity contribution in [1.82, 2.24) is 30.2 Å². The van der Waals surface area contributed by atoms with Crippen LogP contribution in [0.15, 0.2) is 61.2 Å². The molecule has 2 aromatic carbocycles. The molecule has 0 bridgehead atoms. The lowest BCUT2D eigenvalue weighted by Crippen LogP contribution is -2.30. The number of hydrogen-bond acceptors (Lipinski definition) is 5. The van der Waals surface area contributed by atoms with E-state index in [2.05, 4.69) is 37.2 Å². The largest absolute Gasteiger partial charge is 0.299 e. The molecule has 0 saturated heterocycles. The monoisotopic (exact) mass is 456 g/mol. The predicted molar refractivity (Wildman–Crippen MR) is 105 cm³/mol. The van der Waals surface area contributed by atoms with Gasteiger partial charge in [0.05, 0.1) is 24.9 Å². The van der Waals surface area contributed by atoms with E-state index in [1.54, 1.807) is 0 Å². The average Bonchev–Trinajstić information content (AvgIpc) is 3.31. The minimum absolute atomic E-state index is 0.0985. The van der Waals surface area contributed by atoms with Crippen molar-refractivity contribution < 1.29 is 22.0 Å². The summed E-state index contributed by atoms with van der Waals surface area (Å²) in [4.78, 5) is 8.53. The number of hydrogen-bond donors (Lipinski definition) is 0. The van der Waals surface area contributed by atoms with E-state index < -0.39 is 47.1 Å². The van der Waals surface area contributed by atoms with Crippen molar-refractivity contribution in [2.24, 2.45) is 0 Å². The summed E-state index contributed by atoms with van der Waals surface area (Å²) in [7, 11) is 0. The minimum Gasteiger partial charge on any atom is -0.250 e. The lowest BCUT2D eigenvalue weighted by Gasteiger charge is -2.26. The summed E-state index contributed by atoms with van der Waals surface area (Å²) in [6, 6.07) is 7.73. The molecule has 0 aliphatic heterocycles. The number of nitrogens with zero attached hydrogens (tertiary/aromatic N) is 6. The molecule has 1 unspecified atom stereocenters. The van der Waals surface area contributed by atoms with Gasteiger partial charge in [-0.1, -0.05) is 12.0 Å². The van der Waals surface area contributed by atoms with Crippen molar-refractivity contribution in [3.05, 3.63) is 101 Å². The molecule has 6 nitrogen and oxygen atoms in total. The van der Waals surface area contributed by atoms with Crippen LogP contribution < -0.4 is 0 Å². The van der Waals surface area contributed by atoms with Crippen molar-refractivity contribution >= 4 is 0 Å². The molecular formula is C22H13F5N6. The molecule has 0 spiro atoms. The lowest BCUT2D eigenvalue weighted by molar-refractivity contribution is -0.0469. The maximum Gasteiger partial charge on any atom is 0.299 e. The highest BCUT2D eigenvalue weighted by atomic mass is 19.3. The zero-order valence-corrected chi connectivity index (χ0v) is 16.6. The second kappa shape index (κ2) is 9.12. The number of alkyl halides is 2. The quantitative estimate of drug-likeness (QED) is 0.337. The molecule has 11 heteroatoms. The van der Waals surface area contributed by atoms with E-state index in [0.717, 1.165) is 35.7 Å². The summed E-state index contributed by atoms with van der Waals surface area (Å²) in [5.74, 6) is -2.67. The molecule has 2 heterocycles. The van der Waals surface area contributed by atoms with E-state index >= 15 is 8.78 Å². The van der Waals surface area contributed by atoms with E-state index in [9.17, 15) is 13.2 Å². The second-order valence-corrected chi connectivity index (χ2v) is 6.88. The van der Waals surface area contributed by atoms with Gasteiger partial charge in [0.25, 0.3) is 5.92 Å². The van der Waals surface area contributed by atoms with Gasteiger partial charge >= 0.3 is 0 Å². The first kappa shape index (κ1) is 22.0. The Balaban J connectivity index is 1.65. The predicted octanol–water partition coefficient (Wildman–Crippen LogP) is 3.86. The fourth-order valence-electron chi connectivity index (χ4n) is 3.04. The topological polar surface area (TPSA) is 69.4 Å². The van der Waals surface area contributed by atoms with Crippen molar-refractivity contribution in [2.75, 3.05) is 0 Å². The summed E-state index contributed by atoms with van der Waals surface area (Å²) < 4.78 is 71.7. The molecule has 1 atom stereocenters. The van der Waals surface area contributed by atoms with E-state index in [1.807, 2.05) is 0 Å². The molecule has 4 aromatic rings. The first-order chi connectivity index (χ1) is 15.8. The Bertz CT molecular complexity index is 1300. The molecule has 0 aliphatic carbocycles. The molecule has 4 rings (SSSR count). The summed E-state index contributed by atoms with van der Waals surface area (Å²) in [5.41, 5.74) is -0.592. The molecule has 0 radical (unpaired) electrons. The van der Waals surface area contributed by atoms with Crippen LogP contribution in [-0.2, 0) is 12.5 Å². The maximum absolute atomic E-state index is 15.5. The van der Waals surface area contributed by atoms with Gasteiger partial charge in [0.15, 0.2) is 6.33 Å². The molecular weight excluding hydrogens is 443 g/mol. The van der Waals surface area contributed by atoms with Crippen molar-refractivity contribution in [1.29, 1.82) is 0 Å². The Hall–Kier alpha value is -4.20. The smallest absolute Gasteiger partial charge is 0.250 e. The highest BCUT2D eigenvalue weighted by molar-refractivity contribution is 5.39. The SMILES string of the molecule is Fc1ccc(C#Cc2cnc(C(F)(F)C(Cn3ncnn3)c3ccc(F)cc3F)cn2)cc1. The number of rotatable bonds is 5. The van der Waals surface area contributed by atoms with Gasteiger partial charge in [0.1, 0.15) is 28.8 Å². The van der Waals surface area contributed by atoms with Gasteiger partial charge in [0.2, 0.25) is 0 Å². The molecule has 166 valence electrons. The molecule has 0 amide bonds. The van der Waals surface area contributed by atoms with Gasteiger partial charge in [-0.2, -0.15) is 13.6 Å². The number of halogens is 5. The van der Waals surface area contributed by atoms with Crippen molar-refractivity contribution in [3.63, 3.8) is 0 Å². The van der Waals surface area contributed by atoms with E-state index in [0.29, 0.717) is 11.6 Å². The third kappa shape index (κ3) is 5.01. The summed E-state index contributed by atoms with van der Waals surface area (Å²) in [5, 5.41) is 10.7. The van der Waals surface area contributed by atoms with Crippen LogP contribution in [0.25, 0.3) is 0 Å². The van der Waals surface area contributed by atoms with Crippen LogP contribution in [0.3, 0.4) is 0 Å². The fourth-order valence-corrected chi connectivity index (χ4v) is 3.04. The van der Waals surface area contributed by atoms with Crippen molar-refractivity contribution in [3.8, 4) is 11.8 Å². The Labute approximate surface area is 184 Å². The summed E-state index contributed by atoms with van der Waals surface area (Å²) >= 11 is 0. The molecule has 0 fully saturated rings. The Kier molecular flexibility index (Phi) is 6.08. The van der Waals surface area contributed by atoms with E-state index in [1.165, 1.54) is 24.3 Å². The standard InChI is InChI=1S/C22H13F5N6/c23-15-4-1-14(2-5-15)3-7-17-10-29-21(11-28-17)22(26,27)19(12-33-31-13-30-32-33)18-8-6-16(24)9-20(18)25/h1-2,4-6,8-11,13,19H,12H2. The van der Waals surface area contributed by atoms with E-state index in [-0.39, 0.29) is 5.69 Å². The van der Waals surface area contributed by atoms with Gasteiger partial charge < -0.3 is 0 Å². The van der Waals surface area contributed by atoms with Crippen molar-refractivity contribution in [2.45, 2.75) is 18.4 Å². The highest BCUT2D eigenvalue weighted by Gasteiger charge is 2.46. The second-order valence-electron chi connectivity index (χ2n) is 6.88. The van der Waals surface area contributed by atoms with Gasteiger partial charge in [-0.05, 0) is 47.0 Å². The van der Waals surface area contributed by atoms with Crippen LogP contribution in [0.5, 0.6) is 0 Å². The summed E-state index contributed by atoms with van der Waals surface area (Å²) in [6.07, 6.45) is 2.92. The summed E-state index contributed by atoms with van der Waals surface area (Å²) in [6.45, 7) is -0.552. The number of tetrazole rings is 1. The van der Waals surface area contributed by atoms with Gasteiger partial charge in [0, 0.05) is 11.6 Å². The maximum atomic E-state index is 15.5. The molecule has 0 saturated carbocycles. The van der Waals surface area contributed by atoms with Crippen LogP contribution in [0.4, 0.5) is 22.0 Å². The third-order valence-electron chi connectivity index (χ3n) is 4.69. The van der Waals surface area contributed by atoms with Gasteiger partial charge in [-0.3, -0.25) is 4.98 Å². The van der Waals surface area contributed by atoms with Crippen LogP contribution in [0, 0.1) is 29.3 Å². The van der Waals surface area contributed by atoms with Crippen LogP contribution in [0.1, 0.15) is 28.4 Å². The zero-order chi connectivity index (χ0) is 23.4. The zero-order valence-electron chi connectivity index (χ0n) is 16.6. The fraction of sp³-hybridized carbons (Fsp3) is 0.136. The highest BCUT2D eigenvalue weighted by Crippen LogP contribution is 2.42. The Morgan fingerprint density at radius 3 is 2.30 bits per heavy atom. The lowest BCUT2D eigenvalue weighted by atomic mass is 9.90. The Morgan fingerprint density at radius 2 is 1.67 bits per heavy atom. The third-order valence-corrected chi connectivity index (χ3v) is 4.69. The molecule has 33 heavy (non-hydrogen) atoms. The molecule has 0 N–H and O–H groups in total. The van der Waals surface area contributed by atoms with Crippen LogP contribution >= 0.6 is 0 Å². The normalized spacial score (nSPS) is 12.2. The van der Waals surface area contributed by atoms with E-state index in [4.69, 9.17) is 0 Å². The number of aromatic nitrogens is 6. The van der Waals surface area contributed by atoms with Crippen LogP contribution in [0.2, 0.25) is 0 Å². The van der Waals surface area contributed by atoms with Gasteiger partial charge in [-0.25, -0.2) is 18.2 Å². The molecule has 0 aliphatic rings. The number of benzene rings is 2. The first-order valence-electron chi connectivity index (χ1n) is 9.46. The molecule has 2 aromatic heterocycles. The Morgan fingerprint density at radius 1 is 0.909 bits per heavy atom.